The average Bonchev–Trinajstić information content (AvgIpc) is 2.81. The lowest BCUT2D eigenvalue weighted by molar-refractivity contribution is -0.137. The van der Waals surface area contributed by atoms with Gasteiger partial charge >= 0.3 is 12.2 Å². The van der Waals surface area contributed by atoms with E-state index in [1.807, 2.05) is 13.8 Å². The maximum Gasteiger partial charge on any atom is 0.417 e. The van der Waals surface area contributed by atoms with Gasteiger partial charge in [-0.3, -0.25) is 9.78 Å². The van der Waals surface area contributed by atoms with E-state index >= 15 is 0 Å². The number of amides is 3. The van der Waals surface area contributed by atoms with E-state index in [9.17, 15) is 22.8 Å². The van der Waals surface area contributed by atoms with Gasteiger partial charge in [-0.15, -0.1) is 0 Å². The molecule has 3 N–H and O–H groups in total. The highest BCUT2D eigenvalue weighted by molar-refractivity contribution is 6.31. The first-order valence-corrected chi connectivity index (χ1v) is 10.9. The third-order valence-corrected chi connectivity index (χ3v) is 4.71. The van der Waals surface area contributed by atoms with Crippen LogP contribution in [0.15, 0.2) is 65.9 Å². The van der Waals surface area contributed by atoms with Crippen LogP contribution in [-0.2, 0) is 6.18 Å². The third kappa shape index (κ3) is 7.70. The zero-order valence-electron chi connectivity index (χ0n) is 19.1. The standard InChI is InChI=1S/C24H21ClF3N5O3/c1-14(2)13-30-33-22(34)21-12-18(9-10-29-21)36-17-6-3-15(4-7-17)31-23(35)32-16-5-8-20(25)19(11-16)24(26,27)28/h3-14H,1-2H3,(H,33,34)(H2,31,32,35)/b30-13+. The molecule has 3 rings (SSSR count). The number of alkyl halides is 3. The molecule has 0 atom stereocenters. The van der Waals surface area contributed by atoms with E-state index < -0.39 is 28.7 Å². The lowest BCUT2D eigenvalue weighted by atomic mass is 10.2. The number of pyridine rings is 1. The number of hydrazone groups is 1. The second kappa shape index (κ2) is 11.5. The summed E-state index contributed by atoms with van der Waals surface area (Å²) in [5, 5.41) is 8.21. The fourth-order valence-corrected chi connectivity index (χ4v) is 2.98. The number of urea groups is 1. The molecule has 0 bridgehead atoms. The number of carbonyl (C=O) groups is 2. The van der Waals surface area contributed by atoms with Crippen molar-refractivity contribution in [1.29, 1.82) is 0 Å². The van der Waals surface area contributed by atoms with Gasteiger partial charge in [0.2, 0.25) is 0 Å². The van der Waals surface area contributed by atoms with E-state index in [4.69, 9.17) is 16.3 Å². The van der Waals surface area contributed by atoms with Crippen LogP contribution in [0.5, 0.6) is 11.5 Å². The van der Waals surface area contributed by atoms with Gasteiger partial charge in [0.05, 0.1) is 10.6 Å². The highest BCUT2D eigenvalue weighted by Gasteiger charge is 2.33. The van der Waals surface area contributed by atoms with E-state index in [0.717, 1.165) is 12.1 Å². The Bertz CT molecular complexity index is 1260. The number of carbonyl (C=O) groups excluding carboxylic acids is 2. The topological polar surface area (TPSA) is 105 Å². The van der Waals surface area contributed by atoms with Crippen LogP contribution < -0.4 is 20.8 Å². The minimum Gasteiger partial charge on any atom is -0.457 e. The Kier molecular flexibility index (Phi) is 8.49. The van der Waals surface area contributed by atoms with Crippen molar-refractivity contribution in [3.63, 3.8) is 0 Å². The van der Waals surface area contributed by atoms with Crippen molar-refractivity contribution < 1.29 is 27.5 Å². The molecule has 0 aliphatic carbocycles. The summed E-state index contributed by atoms with van der Waals surface area (Å²) < 4.78 is 44.7. The lowest BCUT2D eigenvalue weighted by Crippen LogP contribution is -2.19. The van der Waals surface area contributed by atoms with Crippen LogP contribution in [0.3, 0.4) is 0 Å². The predicted molar refractivity (Wildman–Crippen MR) is 131 cm³/mol. The molecule has 0 saturated heterocycles. The minimum absolute atomic E-state index is 0.0726. The van der Waals surface area contributed by atoms with Gasteiger partial charge in [0.25, 0.3) is 5.91 Å². The Morgan fingerprint density at radius 3 is 2.33 bits per heavy atom. The highest BCUT2D eigenvalue weighted by Crippen LogP contribution is 2.36. The van der Waals surface area contributed by atoms with E-state index in [-0.39, 0.29) is 17.3 Å². The van der Waals surface area contributed by atoms with Gasteiger partial charge in [-0.1, -0.05) is 25.4 Å². The van der Waals surface area contributed by atoms with Crippen molar-refractivity contribution in [2.24, 2.45) is 11.0 Å². The average molecular weight is 520 g/mol. The molecule has 0 saturated carbocycles. The number of aromatic nitrogens is 1. The Morgan fingerprint density at radius 1 is 1.00 bits per heavy atom. The van der Waals surface area contributed by atoms with Crippen molar-refractivity contribution in [1.82, 2.24) is 10.4 Å². The summed E-state index contributed by atoms with van der Waals surface area (Å²) in [6.07, 6.45) is -1.65. The number of halogens is 4. The SMILES string of the molecule is CC(C)/C=N/NC(=O)c1cc(Oc2ccc(NC(=O)Nc3ccc(Cl)c(C(F)(F)F)c3)cc2)ccn1. The molecule has 2 aromatic carbocycles. The summed E-state index contributed by atoms with van der Waals surface area (Å²) in [5.41, 5.74) is 1.73. The zero-order valence-corrected chi connectivity index (χ0v) is 19.8. The van der Waals surface area contributed by atoms with Gasteiger partial charge < -0.3 is 15.4 Å². The second-order valence-corrected chi connectivity index (χ2v) is 8.15. The summed E-state index contributed by atoms with van der Waals surface area (Å²) in [6.45, 7) is 3.84. The highest BCUT2D eigenvalue weighted by atomic mass is 35.5. The summed E-state index contributed by atoms with van der Waals surface area (Å²) >= 11 is 5.59. The van der Waals surface area contributed by atoms with Gasteiger partial charge in [0.1, 0.15) is 17.2 Å². The Balaban J connectivity index is 1.59. The molecule has 0 aliphatic rings. The van der Waals surface area contributed by atoms with Gasteiger partial charge in [-0.25, -0.2) is 10.2 Å². The monoisotopic (exact) mass is 519 g/mol. The normalized spacial score (nSPS) is 11.4. The number of rotatable bonds is 7. The van der Waals surface area contributed by atoms with Crippen LogP contribution >= 0.6 is 11.6 Å². The van der Waals surface area contributed by atoms with Crippen molar-refractivity contribution in [2.75, 3.05) is 10.6 Å². The number of benzene rings is 2. The first-order valence-electron chi connectivity index (χ1n) is 10.5. The van der Waals surface area contributed by atoms with Crippen molar-refractivity contribution in [3.8, 4) is 11.5 Å². The van der Waals surface area contributed by atoms with Crippen LogP contribution in [0.25, 0.3) is 0 Å². The molecule has 0 radical (unpaired) electrons. The maximum atomic E-state index is 13.0. The largest absolute Gasteiger partial charge is 0.457 e. The molecule has 3 aromatic rings. The zero-order chi connectivity index (χ0) is 26.3. The van der Waals surface area contributed by atoms with E-state index in [1.54, 1.807) is 24.4 Å². The summed E-state index contributed by atoms with van der Waals surface area (Å²) in [4.78, 5) is 28.3. The predicted octanol–water partition coefficient (Wildman–Crippen LogP) is 6.56. The molecule has 3 amide bonds. The molecule has 0 spiro atoms. The molecular formula is C24H21ClF3N5O3. The van der Waals surface area contributed by atoms with Gasteiger partial charge in [0.15, 0.2) is 0 Å². The second-order valence-electron chi connectivity index (χ2n) is 7.74. The number of ether oxygens (including phenoxy) is 1. The number of nitrogens with one attached hydrogen (secondary N) is 3. The quantitative estimate of drug-likeness (QED) is 0.243. The van der Waals surface area contributed by atoms with Crippen LogP contribution in [0, 0.1) is 5.92 Å². The van der Waals surface area contributed by atoms with Gasteiger partial charge in [-0.2, -0.15) is 18.3 Å². The van der Waals surface area contributed by atoms with Crippen LogP contribution in [0.2, 0.25) is 5.02 Å². The summed E-state index contributed by atoms with van der Waals surface area (Å²) in [5.74, 6) is 0.440. The van der Waals surface area contributed by atoms with Gasteiger partial charge in [0, 0.05) is 29.9 Å². The fraction of sp³-hybridized carbons (Fsp3) is 0.167. The van der Waals surface area contributed by atoms with Crippen LogP contribution in [0.1, 0.15) is 29.9 Å². The third-order valence-electron chi connectivity index (χ3n) is 4.38. The molecular weight excluding hydrogens is 499 g/mol. The minimum atomic E-state index is -4.65. The Morgan fingerprint density at radius 2 is 1.67 bits per heavy atom. The molecule has 1 heterocycles. The van der Waals surface area contributed by atoms with Crippen LogP contribution in [-0.4, -0.2) is 23.1 Å². The maximum absolute atomic E-state index is 13.0. The summed E-state index contributed by atoms with van der Waals surface area (Å²) in [6, 6.07) is 11.5. The molecule has 0 aliphatic heterocycles. The smallest absolute Gasteiger partial charge is 0.417 e. The van der Waals surface area contributed by atoms with E-state index in [2.05, 4.69) is 26.1 Å². The van der Waals surface area contributed by atoms with Crippen molar-refractivity contribution in [2.45, 2.75) is 20.0 Å². The van der Waals surface area contributed by atoms with Crippen molar-refractivity contribution >= 4 is 41.1 Å². The summed E-state index contributed by atoms with van der Waals surface area (Å²) in [7, 11) is 0. The molecule has 188 valence electrons. The first-order chi connectivity index (χ1) is 17.0. The first kappa shape index (κ1) is 26.5. The lowest BCUT2D eigenvalue weighted by Gasteiger charge is -2.12. The Labute approximate surface area is 209 Å². The molecule has 8 nitrogen and oxygen atoms in total. The van der Waals surface area contributed by atoms with E-state index in [0.29, 0.717) is 17.2 Å². The molecule has 36 heavy (non-hydrogen) atoms. The van der Waals surface area contributed by atoms with E-state index in [1.165, 1.54) is 30.5 Å². The fourth-order valence-electron chi connectivity index (χ4n) is 2.76. The molecule has 1 aromatic heterocycles. The molecule has 0 unspecified atom stereocenters. The Hall–Kier alpha value is -4.12. The number of hydrogen-bond acceptors (Lipinski definition) is 5. The number of anilines is 2. The van der Waals surface area contributed by atoms with Crippen LogP contribution in [0.4, 0.5) is 29.3 Å². The van der Waals surface area contributed by atoms with Crippen molar-refractivity contribution in [3.05, 3.63) is 77.1 Å². The molecule has 0 fully saturated rings. The number of nitrogens with zero attached hydrogens (tertiary/aromatic N) is 2. The van der Waals surface area contributed by atoms with Gasteiger partial charge in [-0.05, 0) is 54.4 Å². The molecule has 12 heteroatoms. The number of hydrogen-bond donors (Lipinski definition) is 3.